The van der Waals surface area contributed by atoms with Gasteiger partial charge in [-0.3, -0.25) is 4.90 Å². The van der Waals surface area contributed by atoms with Gasteiger partial charge < -0.3 is 10.8 Å². The number of nitrogens with zero attached hydrogens (tertiary/aromatic N) is 1. The second-order valence-electron chi connectivity index (χ2n) is 4.36. The van der Waals surface area contributed by atoms with E-state index in [1.165, 1.54) is 0 Å². The van der Waals surface area contributed by atoms with Gasteiger partial charge in [0.15, 0.2) is 0 Å². The van der Waals surface area contributed by atoms with E-state index >= 15 is 0 Å². The quantitative estimate of drug-likeness (QED) is 0.776. The lowest BCUT2D eigenvalue weighted by Gasteiger charge is -2.29. The Morgan fingerprint density at radius 2 is 2.06 bits per heavy atom. The number of halogens is 1. The molecule has 16 heavy (non-hydrogen) atoms. The van der Waals surface area contributed by atoms with Gasteiger partial charge in [0.2, 0.25) is 0 Å². The number of rotatable bonds is 2. The fourth-order valence-electron chi connectivity index (χ4n) is 2.03. The molecule has 1 aliphatic rings. The molecule has 3 nitrogen and oxygen atoms in total. The number of aliphatic hydroxyl groups excluding tert-OH is 1. The SMILES string of the molecule is Nc1ccc(Cl)c(CN2CCC(O)CC2)c1. The Morgan fingerprint density at radius 1 is 1.38 bits per heavy atom. The third-order valence-corrected chi connectivity index (χ3v) is 3.39. The second kappa shape index (κ2) is 5.04. The van der Waals surface area contributed by atoms with Crippen molar-refractivity contribution in [3.63, 3.8) is 0 Å². The van der Waals surface area contributed by atoms with E-state index in [0.29, 0.717) is 0 Å². The van der Waals surface area contributed by atoms with E-state index in [1.807, 2.05) is 18.2 Å². The molecule has 1 aliphatic heterocycles. The lowest BCUT2D eigenvalue weighted by atomic mass is 10.1. The van der Waals surface area contributed by atoms with Crippen LogP contribution >= 0.6 is 11.6 Å². The normalized spacial score (nSPS) is 18.9. The van der Waals surface area contributed by atoms with Crippen molar-refractivity contribution < 1.29 is 5.11 Å². The van der Waals surface area contributed by atoms with E-state index in [-0.39, 0.29) is 6.10 Å². The van der Waals surface area contributed by atoms with E-state index in [2.05, 4.69) is 4.90 Å². The van der Waals surface area contributed by atoms with Crippen LogP contribution in [0.2, 0.25) is 5.02 Å². The van der Waals surface area contributed by atoms with Gasteiger partial charge in [-0.1, -0.05) is 11.6 Å². The summed E-state index contributed by atoms with van der Waals surface area (Å²) in [4.78, 5) is 2.30. The molecule has 0 bridgehead atoms. The van der Waals surface area contributed by atoms with Crippen molar-refractivity contribution in [3.8, 4) is 0 Å². The Balaban J connectivity index is 2.00. The average Bonchev–Trinajstić information content (AvgIpc) is 2.27. The molecule has 88 valence electrons. The summed E-state index contributed by atoms with van der Waals surface area (Å²) in [6, 6.07) is 5.57. The minimum Gasteiger partial charge on any atom is -0.399 e. The van der Waals surface area contributed by atoms with E-state index in [9.17, 15) is 5.11 Å². The molecule has 0 aromatic heterocycles. The summed E-state index contributed by atoms with van der Waals surface area (Å²) < 4.78 is 0. The van der Waals surface area contributed by atoms with E-state index < -0.39 is 0 Å². The van der Waals surface area contributed by atoms with Gasteiger partial charge in [0, 0.05) is 30.3 Å². The topological polar surface area (TPSA) is 49.5 Å². The fourth-order valence-corrected chi connectivity index (χ4v) is 2.21. The molecule has 1 fully saturated rings. The van der Waals surface area contributed by atoms with Crippen molar-refractivity contribution in [1.82, 2.24) is 4.90 Å². The zero-order valence-electron chi connectivity index (χ0n) is 9.19. The third-order valence-electron chi connectivity index (χ3n) is 3.02. The number of anilines is 1. The second-order valence-corrected chi connectivity index (χ2v) is 4.77. The maximum absolute atomic E-state index is 9.42. The maximum Gasteiger partial charge on any atom is 0.0564 e. The van der Waals surface area contributed by atoms with Crippen LogP contribution < -0.4 is 5.73 Å². The zero-order valence-corrected chi connectivity index (χ0v) is 9.95. The molecular formula is C12H17ClN2O. The van der Waals surface area contributed by atoms with Crippen molar-refractivity contribution in [2.24, 2.45) is 0 Å². The van der Waals surface area contributed by atoms with Crippen LogP contribution in [-0.4, -0.2) is 29.2 Å². The van der Waals surface area contributed by atoms with Gasteiger partial charge in [-0.05, 0) is 36.6 Å². The first kappa shape index (κ1) is 11.7. The van der Waals surface area contributed by atoms with Gasteiger partial charge in [0.1, 0.15) is 0 Å². The molecular weight excluding hydrogens is 224 g/mol. The molecule has 0 aliphatic carbocycles. The Morgan fingerprint density at radius 3 is 2.75 bits per heavy atom. The number of nitrogens with two attached hydrogens (primary N) is 1. The standard InChI is InChI=1S/C12H17ClN2O/c13-12-2-1-10(14)7-9(12)8-15-5-3-11(16)4-6-15/h1-2,7,11,16H,3-6,8,14H2. The monoisotopic (exact) mass is 240 g/mol. The highest BCUT2D eigenvalue weighted by Crippen LogP contribution is 2.22. The van der Waals surface area contributed by atoms with Gasteiger partial charge in [0.05, 0.1) is 6.10 Å². The Kier molecular flexibility index (Phi) is 3.69. The summed E-state index contributed by atoms with van der Waals surface area (Å²) in [5, 5.41) is 10.2. The minimum atomic E-state index is -0.132. The highest BCUT2D eigenvalue weighted by Gasteiger charge is 2.17. The van der Waals surface area contributed by atoms with Crippen LogP contribution in [0.5, 0.6) is 0 Å². The number of hydrogen-bond donors (Lipinski definition) is 2. The molecule has 1 aromatic rings. The summed E-state index contributed by atoms with van der Waals surface area (Å²) in [6.45, 7) is 2.66. The van der Waals surface area contributed by atoms with Crippen molar-refractivity contribution >= 4 is 17.3 Å². The van der Waals surface area contributed by atoms with Crippen LogP contribution in [0.25, 0.3) is 0 Å². The predicted octanol–water partition coefficient (Wildman–Crippen LogP) is 1.88. The molecule has 0 spiro atoms. The van der Waals surface area contributed by atoms with Gasteiger partial charge in [0.25, 0.3) is 0 Å². The largest absolute Gasteiger partial charge is 0.399 e. The molecule has 0 amide bonds. The third kappa shape index (κ3) is 2.88. The van der Waals surface area contributed by atoms with Crippen LogP contribution in [0.15, 0.2) is 18.2 Å². The smallest absolute Gasteiger partial charge is 0.0564 e. The molecule has 0 radical (unpaired) electrons. The highest BCUT2D eigenvalue weighted by molar-refractivity contribution is 6.31. The van der Waals surface area contributed by atoms with Crippen molar-refractivity contribution in [2.45, 2.75) is 25.5 Å². The Hall–Kier alpha value is -0.770. The average molecular weight is 241 g/mol. The highest BCUT2D eigenvalue weighted by atomic mass is 35.5. The lowest BCUT2D eigenvalue weighted by molar-refractivity contribution is 0.0792. The molecule has 4 heteroatoms. The molecule has 1 aromatic carbocycles. The van der Waals surface area contributed by atoms with E-state index in [0.717, 1.165) is 48.7 Å². The molecule has 0 atom stereocenters. The molecule has 0 unspecified atom stereocenters. The minimum absolute atomic E-state index is 0.132. The summed E-state index contributed by atoms with van der Waals surface area (Å²) in [5.41, 5.74) is 7.55. The maximum atomic E-state index is 9.42. The first-order valence-corrected chi connectivity index (χ1v) is 5.97. The van der Waals surface area contributed by atoms with Crippen LogP contribution in [0.4, 0.5) is 5.69 Å². The Labute approximate surface area is 101 Å². The summed E-state index contributed by atoms with van der Waals surface area (Å²) >= 11 is 6.11. The molecule has 3 N–H and O–H groups in total. The fraction of sp³-hybridized carbons (Fsp3) is 0.500. The molecule has 1 heterocycles. The number of benzene rings is 1. The number of likely N-dealkylation sites (tertiary alicyclic amines) is 1. The number of piperidine rings is 1. The van der Waals surface area contributed by atoms with Crippen LogP contribution in [-0.2, 0) is 6.54 Å². The van der Waals surface area contributed by atoms with Crippen LogP contribution in [0, 0.1) is 0 Å². The van der Waals surface area contributed by atoms with Crippen molar-refractivity contribution in [2.75, 3.05) is 18.8 Å². The van der Waals surface area contributed by atoms with Crippen molar-refractivity contribution in [3.05, 3.63) is 28.8 Å². The number of hydrogen-bond acceptors (Lipinski definition) is 3. The van der Waals surface area contributed by atoms with Gasteiger partial charge in [-0.15, -0.1) is 0 Å². The first-order valence-electron chi connectivity index (χ1n) is 5.59. The van der Waals surface area contributed by atoms with Gasteiger partial charge in [-0.25, -0.2) is 0 Å². The van der Waals surface area contributed by atoms with Crippen LogP contribution in [0.1, 0.15) is 18.4 Å². The molecule has 2 rings (SSSR count). The molecule has 0 saturated carbocycles. The zero-order chi connectivity index (χ0) is 11.5. The van der Waals surface area contributed by atoms with Gasteiger partial charge in [-0.2, -0.15) is 0 Å². The van der Waals surface area contributed by atoms with Crippen LogP contribution in [0.3, 0.4) is 0 Å². The molecule has 1 saturated heterocycles. The lowest BCUT2D eigenvalue weighted by Crippen LogP contribution is -2.35. The number of nitrogen functional groups attached to an aromatic ring is 1. The van der Waals surface area contributed by atoms with E-state index in [4.69, 9.17) is 17.3 Å². The van der Waals surface area contributed by atoms with Crippen molar-refractivity contribution in [1.29, 1.82) is 0 Å². The first-order chi connectivity index (χ1) is 7.65. The predicted molar refractivity (Wildman–Crippen MR) is 66.4 cm³/mol. The summed E-state index contributed by atoms with van der Waals surface area (Å²) in [7, 11) is 0. The summed E-state index contributed by atoms with van der Waals surface area (Å²) in [5.74, 6) is 0. The van der Waals surface area contributed by atoms with E-state index in [1.54, 1.807) is 0 Å². The summed E-state index contributed by atoms with van der Waals surface area (Å²) in [6.07, 6.45) is 1.56. The van der Waals surface area contributed by atoms with Gasteiger partial charge >= 0.3 is 0 Å². The number of aliphatic hydroxyl groups is 1. The Bertz CT molecular complexity index is 362.